The Bertz CT molecular complexity index is 701. The SMILES string of the molecule is CC(F)(F)C(F)(F)C(F)(OCF)C(C)(F)F.CS(=O)(=O)F.FCC(F)(F)OC(F)(F)C(F)(F)F. The number of hydrogen-bond donors (Lipinski definition) is 0. The van der Waals surface area contributed by atoms with Crippen molar-refractivity contribution in [3.63, 3.8) is 0 Å². The van der Waals surface area contributed by atoms with Gasteiger partial charge in [0.1, 0.15) is 0 Å². The van der Waals surface area contributed by atoms with E-state index in [0.717, 1.165) is 0 Å². The van der Waals surface area contributed by atoms with E-state index in [1.807, 2.05) is 4.74 Å². The number of hydrogen-bond acceptors (Lipinski definition) is 4. The van der Waals surface area contributed by atoms with Crippen molar-refractivity contribution in [2.45, 2.75) is 55.9 Å². The van der Waals surface area contributed by atoms with Crippen molar-refractivity contribution in [3.8, 4) is 0 Å². The zero-order valence-corrected chi connectivity index (χ0v) is 17.2. The van der Waals surface area contributed by atoms with Crippen LogP contribution in [0.1, 0.15) is 13.8 Å². The Hall–Kier alpha value is -1.32. The van der Waals surface area contributed by atoms with Gasteiger partial charge in [-0.15, -0.1) is 3.89 Å². The molecule has 0 saturated carbocycles. The van der Waals surface area contributed by atoms with E-state index < -0.39 is 79.6 Å². The summed E-state index contributed by atoms with van der Waals surface area (Å²) < 4.78 is 224. The average Bonchev–Trinajstić information content (AvgIpc) is 2.49. The Morgan fingerprint density at radius 3 is 1.21 bits per heavy atom. The van der Waals surface area contributed by atoms with E-state index in [4.69, 9.17) is 8.42 Å². The monoisotopic (exact) mass is 576 g/mol. The standard InChI is InChI=1S/C7H8F8O.C4H2F8O.CH3FO2S/c1-4(9,10)6(13,14)7(15,16-3-8)5(2,11)12;5-1-2(6,7)13-4(11,12)3(8,9)10;1-5(2,3)4/h3H2,1-2H3;1H2;1H3. The van der Waals surface area contributed by atoms with Crippen LogP contribution >= 0.6 is 0 Å². The Balaban J connectivity index is -0.000000478. The summed E-state index contributed by atoms with van der Waals surface area (Å²) in [6.45, 7) is -6.05. The first-order valence-corrected chi connectivity index (χ1v) is 9.12. The second-order valence-corrected chi connectivity index (χ2v) is 7.13. The van der Waals surface area contributed by atoms with E-state index in [9.17, 15) is 74.1 Å². The maximum atomic E-state index is 13.1. The normalized spacial score (nSPS) is 16.0. The number of ether oxygens (including phenoxy) is 2. The molecule has 0 saturated heterocycles. The molecule has 0 aliphatic carbocycles. The van der Waals surface area contributed by atoms with Crippen LogP contribution in [0.3, 0.4) is 0 Å². The van der Waals surface area contributed by atoms with Gasteiger partial charge < -0.3 is 4.74 Å². The van der Waals surface area contributed by atoms with Crippen LogP contribution in [-0.2, 0) is 19.7 Å². The van der Waals surface area contributed by atoms with Crippen LogP contribution in [0.15, 0.2) is 0 Å². The highest BCUT2D eigenvalue weighted by molar-refractivity contribution is 7.85. The molecule has 0 N–H and O–H groups in total. The molecule has 0 aromatic rings. The maximum Gasteiger partial charge on any atom is 0.483 e. The van der Waals surface area contributed by atoms with E-state index in [1.54, 1.807) is 0 Å². The lowest BCUT2D eigenvalue weighted by Gasteiger charge is -2.38. The summed E-state index contributed by atoms with van der Waals surface area (Å²) in [6, 6.07) is 0. The molecule has 0 aliphatic heterocycles. The molecule has 22 heteroatoms. The molecule has 0 spiro atoms. The molecule has 210 valence electrons. The van der Waals surface area contributed by atoms with Crippen molar-refractivity contribution in [3.05, 3.63) is 0 Å². The largest absolute Gasteiger partial charge is 0.483 e. The zero-order valence-electron chi connectivity index (χ0n) is 16.4. The van der Waals surface area contributed by atoms with Gasteiger partial charge in [-0.05, 0) is 0 Å². The van der Waals surface area contributed by atoms with E-state index in [0.29, 0.717) is 6.26 Å². The molecule has 0 aliphatic rings. The molecule has 4 nitrogen and oxygen atoms in total. The van der Waals surface area contributed by atoms with Crippen molar-refractivity contribution in [1.29, 1.82) is 0 Å². The number of rotatable bonds is 8. The fraction of sp³-hybridized carbons (Fsp3) is 1.00. The molecular formula is C12H13F17O4S. The Morgan fingerprint density at radius 2 is 1.03 bits per heavy atom. The van der Waals surface area contributed by atoms with Gasteiger partial charge in [-0.25, -0.2) is 22.3 Å². The van der Waals surface area contributed by atoms with Gasteiger partial charge in [0.15, 0.2) is 13.5 Å². The van der Waals surface area contributed by atoms with Gasteiger partial charge >= 0.3 is 42.0 Å². The van der Waals surface area contributed by atoms with Gasteiger partial charge in [0.05, 0.1) is 6.26 Å². The first kappa shape index (κ1) is 37.2. The smallest absolute Gasteiger partial charge is 0.304 e. The third kappa shape index (κ3) is 11.9. The molecule has 1 atom stereocenters. The van der Waals surface area contributed by atoms with Crippen molar-refractivity contribution >= 4 is 10.2 Å². The van der Waals surface area contributed by atoms with Crippen molar-refractivity contribution < 1.29 is 92.0 Å². The fourth-order valence-electron chi connectivity index (χ4n) is 1.12. The first-order chi connectivity index (χ1) is 14.3. The van der Waals surface area contributed by atoms with Gasteiger partial charge in [0, 0.05) is 13.8 Å². The fourth-order valence-corrected chi connectivity index (χ4v) is 1.12. The van der Waals surface area contributed by atoms with E-state index in [-0.39, 0.29) is 0 Å². The molecule has 0 aromatic carbocycles. The predicted molar refractivity (Wildman–Crippen MR) is 76.0 cm³/mol. The number of halogens is 17. The highest BCUT2D eigenvalue weighted by Gasteiger charge is 2.77. The summed E-state index contributed by atoms with van der Waals surface area (Å²) in [6.07, 6.45) is -17.0. The van der Waals surface area contributed by atoms with E-state index in [2.05, 4.69) is 4.74 Å². The minimum atomic E-state index is -6.30. The lowest BCUT2D eigenvalue weighted by atomic mass is 9.99. The minimum absolute atomic E-state index is 0.414. The number of alkyl halides is 16. The topological polar surface area (TPSA) is 52.6 Å². The summed E-state index contributed by atoms with van der Waals surface area (Å²) in [4.78, 5) is 0. The molecule has 0 aromatic heterocycles. The predicted octanol–water partition coefficient (Wildman–Crippen LogP) is 6.18. The Morgan fingerprint density at radius 1 is 0.706 bits per heavy atom. The molecular weight excluding hydrogens is 563 g/mol. The van der Waals surface area contributed by atoms with Crippen LogP contribution in [0.4, 0.5) is 74.1 Å². The van der Waals surface area contributed by atoms with Gasteiger partial charge in [-0.2, -0.15) is 61.1 Å². The van der Waals surface area contributed by atoms with Crippen LogP contribution in [0, 0.1) is 0 Å². The Labute approximate surface area is 179 Å². The molecule has 1 unspecified atom stereocenters. The third-order valence-electron chi connectivity index (χ3n) is 2.54. The first-order valence-electron chi connectivity index (χ1n) is 7.33. The van der Waals surface area contributed by atoms with Crippen molar-refractivity contribution in [2.75, 3.05) is 19.8 Å². The van der Waals surface area contributed by atoms with Gasteiger partial charge in [-0.3, -0.25) is 0 Å². The third-order valence-corrected chi connectivity index (χ3v) is 2.54. The van der Waals surface area contributed by atoms with Crippen LogP contribution in [0.25, 0.3) is 0 Å². The quantitative estimate of drug-likeness (QED) is 0.256. The summed E-state index contributed by atoms with van der Waals surface area (Å²) >= 11 is 0. The van der Waals surface area contributed by atoms with Crippen LogP contribution in [-0.4, -0.2) is 70.2 Å². The van der Waals surface area contributed by atoms with Gasteiger partial charge in [-0.1, -0.05) is 0 Å². The zero-order chi connectivity index (χ0) is 28.8. The van der Waals surface area contributed by atoms with Gasteiger partial charge in [0.25, 0.3) is 10.2 Å². The lowest BCUT2D eigenvalue weighted by molar-refractivity contribution is -0.457. The second kappa shape index (κ2) is 11.6. The molecule has 0 rings (SSSR count). The van der Waals surface area contributed by atoms with Gasteiger partial charge in [0.2, 0.25) is 0 Å². The molecule has 0 heterocycles. The maximum absolute atomic E-state index is 13.1. The molecule has 0 radical (unpaired) electrons. The van der Waals surface area contributed by atoms with Crippen LogP contribution < -0.4 is 0 Å². The second-order valence-electron chi connectivity index (χ2n) is 5.77. The van der Waals surface area contributed by atoms with E-state index in [1.165, 1.54) is 0 Å². The van der Waals surface area contributed by atoms with Crippen molar-refractivity contribution in [2.24, 2.45) is 0 Å². The van der Waals surface area contributed by atoms with E-state index >= 15 is 0 Å². The highest BCUT2D eigenvalue weighted by Crippen LogP contribution is 2.51. The molecule has 0 bridgehead atoms. The molecule has 0 amide bonds. The minimum Gasteiger partial charge on any atom is -0.304 e. The van der Waals surface area contributed by atoms with Crippen LogP contribution in [0.5, 0.6) is 0 Å². The summed E-state index contributed by atoms with van der Waals surface area (Å²) in [5.41, 5.74) is 0. The summed E-state index contributed by atoms with van der Waals surface area (Å²) in [5.74, 6) is -21.5. The highest BCUT2D eigenvalue weighted by atomic mass is 32.3. The van der Waals surface area contributed by atoms with Crippen molar-refractivity contribution in [1.82, 2.24) is 0 Å². The summed E-state index contributed by atoms with van der Waals surface area (Å²) in [5, 5.41) is 0. The lowest BCUT2D eigenvalue weighted by Crippen LogP contribution is -2.64. The summed E-state index contributed by atoms with van der Waals surface area (Å²) in [7, 11) is -4.17. The van der Waals surface area contributed by atoms with Crippen LogP contribution in [0.2, 0.25) is 0 Å². The Kier molecular flexibility index (Phi) is 12.7. The average molecular weight is 576 g/mol. The molecule has 0 fully saturated rings. The molecule has 34 heavy (non-hydrogen) atoms.